The Labute approximate surface area is 75.2 Å². The first-order valence-corrected chi connectivity index (χ1v) is 4.06. The summed E-state index contributed by atoms with van der Waals surface area (Å²) in [4.78, 5) is 13.8. The van der Waals surface area contributed by atoms with Crippen molar-refractivity contribution in [1.82, 2.24) is 19.9 Å². The number of hydrogen-bond donors (Lipinski definition) is 2. The molecule has 6 heteroatoms. The van der Waals surface area contributed by atoms with Crippen LogP contribution in [0.4, 0.5) is 0 Å². The minimum absolute atomic E-state index is 0.551. The van der Waals surface area contributed by atoms with Gasteiger partial charge in [0.15, 0.2) is 15.2 Å². The second kappa shape index (κ2) is 2.38. The molecule has 0 atom stereocenters. The highest BCUT2D eigenvalue weighted by atomic mass is 79.9. The van der Waals surface area contributed by atoms with Gasteiger partial charge >= 0.3 is 0 Å². The fraction of sp³-hybridized carbons (Fsp3) is 0. The molecule has 56 valence electrons. The zero-order valence-corrected chi connectivity index (χ0v) is 7.66. The fourth-order valence-corrected chi connectivity index (χ4v) is 1.29. The summed E-state index contributed by atoms with van der Waals surface area (Å²) < 4.78 is 1.11. The number of hydrogen-bond acceptors (Lipinski definition) is 3. The number of halogens is 1. The van der Waals surface area contributed by atoms with Crippen LogP contribution >= 0.6 is 28.1 Å². The first-order valence-electron chi connectivity index (χ1n) is 2.86. The lowest BCUT2D eigenvalue weighted by Crippen LogP contribution is -1.81. The van der Waals surface area contributed by atoms with E-state index < -0.39 is 0 Å². The van der Waals surface area contributed by atoms with Gasteiger partial charge in [0.25, 0.3) is 0 Å². The van der Waals surface area contributed by atoms with Gasteiger partial charge in [-0.3, -0.25) is 0 Å². The SMILES string of the molecule is S=c1[nH]c2cnc(Br)nc2[nH]1. The molecule has 2 aromatic heterocycles. The van der Waals surface area contributed by atoms with Gasteiger partial charge in [0, 0.05) is 0 Å². The average Bonchev–Trinajstić information content (AvgIpc) is 2.27. The third kappa shape index (κ3) is 1.19. The van der Waals surface area contributed by atoms with Crippen molar-refractivity contribution >= 4 is 39.3 Å². The van der Waals surface area contributed by atoms with Gasteiger partial charge in [-0.2, -0.15) is 0 Å². The number of nitrogens with zero attached hydrogens (tertiary/aromatic N) is 2. The van der Waals surface area contributed by atoms with E-state index in [1.54, 1.807) is 6.20 Å². The molecule has 0 saturated heterocycles. The summed E-state index contributed by atoms with van der Waals surface area (Å²) in [7, 11) is 0. The van der Waals surface area contributed by atoms with Crippen molar-refractivity contribution in [3.63, 3.8) is 0 Å². The first kappa shape index (κ1) is 6.93. The molecule has 0 fully saturated rings. The fourth-order valence-electron chi connectivity index (χ4n) is 0.808. The Bertz CT molecular complexity index is 445. The molecular formula is C5H3BrN4S. The molecule has 0 aliphatic rings. The van der Waals surface area contributed by atoms with E-state index in [0.717, 1.165) is 11.2 Å². The van der Waals surface area contributed by atoms with Crippen molar-refractivity contribution in [2.75, 3.05) is 0 Å². The van der Waals surface area contributed by atoms with Crippen LogP contribution in [-0.2, 0) is 0 Å². The van der Waals surface area contributed by atoms with Gasteiger partial charge in [-0.05, 0) is 28.1 Å². The summed E-state index contributed by atoms with van der Waals surface area (Å²) in [5.41, 5.74) is 1.54. The molecule has 2 aromatic rings. The number of aromatic nitrogens is 4. The van der Waals surface area contributed by atoms with E-state index in [4.69, 9.17) is 12.2 Å². The molecule has 0 bridgehead atoms. The summed E-state index contributed by atoms with van der Waals surface area (Å²) in [6.07, 6.45) is 1.67. The molecule has 0 aliphatic heterocycles. The highest BCUT2D eigenvalue weighted by Gasteiger charge is 1.97. The van der Waals surface area contributed by atoms with Crippen LogP contribution in [0, 0.1) is 4.77 Å². The van der Waals surface area contributed by atoms with Crippen LogP contribution in [0.5, 0.6) is 0 Å². The normalized spacial score (nSPS) is 10.6. The van der Waals surface area contributed by atoms with Gasteiger partial charge in [-0.1, -0.05) is 0 Å². The van der Waals surface area contributed by atoms with Crippen molar-refractivity contribution < 1.29 is 0 Å². The predicted octanol–water partition coefficient (Wildman–Crippen LogP) is 1.78. The van der Waals surface area contributed by atoms with E-state index in [1.807, 2.05) is 0 Å². The maximum absolute atomic E-state index is 4.86. The lowest BCUT2D eigenvalue weighted by Gasteiger charge is -1.86. The van der Waals surface area contributed by atoms with Crippen molar-refractivity contribution in [1.29, 1.82) is 0 Å². The third-order valence-electron chi connectivity index (χ3n) is 1.24. The third-order valence-corrected chi connectivity index (χ3v) is 1.83. The van der Waals surface area contributed by atoms with Crippen molar-refractivity contribution in [3.8, 4) is 0 Å². The van der Waals surface area contributed by atoms with Gasteiger partial charge < -0.3 is 9.97 Å². The van der Waals surface area contributed by atoms with Crippen LogP contribution in [0.1, 0.15) is 0 Å². The summed E-state index contributed by atoms with van der Waals surface area (Å²) >= 11 is 8.01. The average molecular weight is 231 g/mol. The van der Waals surface area contributed by atoms with E-state index >= 15 is 0 Å². The lowest BCUT2D eigenvalue weighted by atomic mass is 10.6. The number of rotatable bonds is 0. The minimum Gasteiger partial charge on any atom is -0.328 e. The highest BCUT2D eigenvalue weighted by molar-refractivity contribution is 9.10. The Kier molecular flexibility index (Phi) is 1.50. The second-order valence-electron chi connectivity index (χ2n) is 1.98. The second-order valence-corrected chi connectivity index (χ2v) is 3.10. The van der Waals surface area contributed by atoms with Gasteiger partial charge in [-0.15, -0.1) is 0 Å². The quantitative estimate of drug-likeness (QED) is 0.536. The zero-order chi connectivity index (χ0) is 7.84. The molecule has 4 nitrogen and oxygen atoms in total. The summed E-state index contributed by atoms with van der Waals surface area (Å²) in [6.45, 7) is 0. The van der Waals surface area contributed by atoms with Gasteiger partial charge in [0.05, 0.1) is 6.20 Å². The van der Waals surface area contributed by atoms with Crippen LogP contribution in [-0.4, -0.2) is 19.9 Å². The Morgan fingerprint density at radius 1 is 1.45 bits per heavy atom. The molecule has 0 radical (unpaired) electrons. The monoisotopic (exact) mass is 230 g/mol. The predicted molar refractivity (Wildman–Crippen MR) is 46.8 cm³/mol. The van der Waals surface area contributed by atoms with Crippen molar-refractivity contribution in [3.05, 3.63) is 15.7 Å². The molecule has 0 spiro atoms. The van der Waals surface area contributed by atoms with E-state index in [2.05, 4.69) is 35.9 Å². The smallest absolute Gasteiger partial charge is 0.198 e. The molecular weight excluding hydrogens is 228 g/mol. The molecule has 0 unspecified atom stereocenters. The topological polar surface area (TPSA) is 57.4 Å². The molecule has 2 N–H and O–H groups in total. The number of H-pyrrole nitrogens is 2. The van der Waals surface area contributed by atoms with E-state index in [9.17, 15) is 0 Å². The van der Waals surface area contributed by atoms with Gasteiger partial charge in [0.2, 0.25) is 0 Å². The Balaban J connectivity index is 2.92. The Morgan fingerprint density at radius 2 is 2.27 bits per heavy atom. The largest absolute Gasteiger partial charge is 0.328 e. The molecule has 2 rings (SSSR count). The molecule has 2 heterocycles. The first-order chi connectivity index (χ1) is 5.25. The van der Waals surface area contributed by atoms with Gasteiger partial charge in [0.1, 0.15) is 5.52 Å². The van der Waals surface area contributed by atoms with Crippen LogP contribution in [0.3, 0.4) is 0 Å². The van der Waals surface area contributed by atoms with Crippen LogP contribution < -0.4 is 0 Å². The maximum atomic E-state index is 4.86. The molecule has 0 amide bonds. The van der Waals surface area contributed by atoms with Crippen molar-refractivity contribution in [2.24, 2.45) is 0 Å². The number of imidazole rings is 1. The van der Waals surface area contributed by atoms with E-state index in [-0.39, 0.29) is 0 Å². The Hall–Kier alpha value is -0.750. The number of nitrogens with one attached hydrogen (secondary N) is 2. The van der Waals surface area contributed by atoms with Crippen molar-refractivity contribution in [2.45, 2.75) is 0 Å². The summed E-state index contributed by atoms with van der Waals surface area (Å²) in [5.74, 6) is 0. The number of fused-ring (bicyclic) bond motifs is 1. The van der Waals surface area contributed by atoms with Crippen LogP contribution in [0.2, 0.25) is 0 Å². The molecule has 0 saturated carbocycles. The highest BCUT2D eigenvalue weighted by Crippen LogP contribution is 2.08. The van der Waals surface area contributed by atoms with Crippen LogP contribution in [0.25, 0.3) is 11.2 Å². The van der Waals surface area contributed by atoms with Gasteiger partial charge in [-0.25, -0.2) is 9.97 Å². The molecule has 0 aromatic carbocycles. The summed E-state index contributed by atoms with van der Waals surface area (Å²) in [6, 6.07) is 0. The maximum Gasteiger partial charge on any atom is 0.198 e. The van der Waals surface area contributed by atoms with Crippen LogP contribution in [0.15, 0.2) is 10.9 Å². The minimum atomic E-state index is 0.551. The van der Waals surface area contributed by atoms with E-state index in [0.29, 0.717) is 9.50 Å². The molecule has 0 aliphatic carbocycles. The Morgan fingerprint density at radius 3 is 3.09 bits per heavy atom. The lowest BCUT2D eigenvalue weighted by molar-refractivity contribution is 1.14. The number of aromatic amines is 2. The molecule has 11 heavy (non-hydrogen) atoms. The summed E-state index contributed by atoms with van der Waals surface area (Å²) in [5, 5.41) is 0. The van der Waals surface area contributed by atoms with E-state index in [1.165, 1.54) is 0 Å². The zero-order valence-electron chi connectivity index (χ0n) is 5.26. The standard InChI is InChI=1S/C5H3BrN4S/c6-4-7-1-2-3(9-4)10-5(11)8-2/h1H,(H2,7,8,9,10,11).